The molecule has 1 aliphatic heterocycles. The number of carbonyl (C=O) groups is 2. The van der Waals surface area contributed by atoms with Crippen LogP contribution >= 0.6 is 0 Å². The first-order chi connectivity index (χ1) is 10.9. The van der Waals surface area contributed by atoms with E-state index in [1.165, 1.54) is 6.07 Å². The minimum Gasteiger partial charge on any atom is -0.483 e. The molecule has 0 amide bonds. The summed E-state index contributed by atoms with van der Waals surface area (Å²) in [7, 11) is 0. The molecule has 0 radical (unpaired) electrons. The van der Waals surface area contributed by atoms with Crippen LogP contribution in [0.3, 0.4) is 0 Å². The fourth-order valence-electron chi connectivity index (χ4n) is 2.76. The SMILES string of the molecule is CC1(C)C=Cc2c(ccc(C=O)c2-c2ccccc2C(=O)O)O1. The molecule has 0 atom stereocenters. The molecule has 1 aliphatic rings. The number of benzene rings is 2. The zero-order valence-electron chi connectivity index (χ0n) is 12.9. The van der Waals surface area contributed by atoms with Crippen molar-refractivity contribution in [2.24, 2.45) is 0 Å². The number of carbonyl (C=O) groups excluding carboxylic acids is 1. The molecule has 0 fully saturated rings. The molecular formula is C19H16O4. The second-order valence-electron chi connectivity index (χ2n) is 5.95. The van der Waals surface area contributed by atoms with Gasteiger partial charge in [0.2, 0.25) is 0 Å². The van der Waals surface area contributed by atoms with Crippen molar-refractivity contribution in [1.29, 1.82) is 0 Å². The number of aldehydes is 1. The highest BCUT2D eigenvalue weighted by molar-refractivity contribution is 6.02. The molecule has 0 aliphatic carbocycles. The molecule has 0 saturated heterocycles. The first kappa shape index (κ1) is 15.0. The Bertz CT molecular complexity index is 831. The van der Waals surface area contributed by atoms with Crippen LogP contribution in [0.25, 0.3) is 17.2 Å². The van der Waals surface area contributed by atoms with Gasteiger partial charge in [-0.3, -0.25) is 4.79 Å². The van der Waals surface area contributed by atoms with Crippen LogP contribution < -0.4 is 4.74 Å². The molecule has 0 spiro atoms. The van der Waals surface area contributed by atoms with Crippen molar-refractivity contribution >= 4 is 18.3 Å². The van der Waals surface area contributed by atoms with E-state index in [-0.39, 0.29) is 5.56 Å². The van der Waals surface area contributed by atoms with Crippen molar-refractivity contribution in [2.75, 3.05) is 0 Å². The minimum absolute atomic E-state index is 0.155. The summed E-state index contributed by atoms with van der Waals surface area (Å²) >= 11 is 0. The van der Waals surface area contributed by atoms with Crippen LogP contribution in [-0.4, -0.2) is 23.0 Å². The van der Waals surface area contributed by atoms with Gasteiger partial charge in [-0.15, -0.1) is 0 Å². The number of ether oxygens (including phenoxy) is 1. The Balaban J connectivity index is 2.32. The Hall–Kier alpha value is -2.88. The normalized spacial score (nSPS) is 14.7. The Morgan fingerprint density at radius 3 is 2.61 bits per heavy atom. The molecule has 116 valence electrons. The third kappa shape index (κ3) is 2.63. The van der Waals surface area contributed by atoms with Crippen molar-refractivity contribution in [2.45, 2.75) is 19.4 Å². The van der Waals surface area contributed by atoms with Crippen LogP contribution in [-0.2, 0) is 0 Å². The molecule has 1 N–H and O–H groups in total. The maximum Gasteiger partial charge on any atom is 0.336 e. The van der Waals surface area contributed by atoms with Crippen LogP contribution in [0.15, 0.2) is 42.5 Å². The van der Waals surface area contributed by atoms with Crippen LogP contribution in [0, 0.1) is 0 Å². The van der Waals surface area contributed by atoms with Gasteiger partial charge in [0.25, 0.3) is 0 Å². The van der Waals surface area contributed by atoms with E-state index in [0.29, 0.717) is 22.4 Å². The molecule has 2 aromatic rings. The van der Waals surface area contributed by atoms with E-state index in [9.17, 15) is 14.7 Å². The van der Waals surface area contributed by atoms with Gasteiger partial charge in [0.15, 0.2) is 6.29 Å². The number of carboxylic acid groups (broad SMARTS) is 1. The summed E-state index contributed by atoms with van der Waals surface area (Å²) in [6.45, 7) is 3.87. The van der Waals surface area contributed by atoms with Gasteiger partial charge in [-0.05, 0) is 43.7 Å². The molecule has 4 nitrogen and oxygen atoms in total. The van der Waals surface area contributed by atoms with E-state index in [1.54, 1.807) is 30.3 Å². The molecule has 0 bridgehead atoms. The number of carboxylic acids is 1. The van der Waals surface area contributed by atoms with Crippen molar-refractivity contribution < 1.29 is 19.4 Å². The maximum atomic E-state index is 11.5. The predicted octanol–water partition coefficient (Wildman–Crippen LogP) is 4.05. The molecule has 3 rings (SSSR count). The second-order valence-corrected chi connectivity index (χ2v) is 5.95. The smallest absolute Gasteiger partial charge is 0.336 e. The lowest BCUT2D eigenvalue weighted by atomic mass is 9.89. The average molecular weight is 308 g/mol. The van der Waals surface area contributed by atoms with Crippen LogP contribution in [0.1, 0.15) is 40.1 Å². The highest BCUT2D eigenvalue weighted by Gasteiger charge is 2.26. The number of hydrogen-bond donors (Lipinski definition) is 1. The zero-order valence-corrected chi connectivity index (χ0v) is 12.9. The minimum atomic E-state index is -1.03. The molecule has 23 heavy (non-hydrogen) atoms. The lowest BCUT2D eigenvalue weighted by Crippen LogP contribution is -2.27. The number of hydrogen-bond acceptors (Lipinski definition) is 3. The molecule has 0 saturated carbocycles. The largest absolute Gasteiger partial charge is 0.483 e. The molecule has 2 aromatic carbocycles. The maximum absolute atomic E-state index is 11.5. The lowest BCUT2D eigenvalue weighted by Gasteiger charge is -2.29. The zero-order chi connectivity index (χ0) is 16.6. The molecular weight excluding hydrogens is 292 g/mol. The Kier molecular flexibility index (Phi) is 3.52. The summed E-state index contributed by atoms with van der Waals surface area (Å²) in [5, 5.41) is 9.44. The third-order valence-corrected chi connectivity index (χ3v) is 3.82. The van der Waals surface area contributed by atoms with Crippen LogP contribution in [0.5, 0.6) is 5.75 Å². The summed E-state index contributed by atoms with van der Waals surface area (Å²) in [6.07, 6.45) is 4.53. The molecule has 0 aromatic heterocycles. The van der Waals surface area contributed by atoms with Gasteiger partial charge in [0, 0.05) is 16.7 Å². The first-order valence-electron chi connectivity index (χ1n) is 7.26. The first-order valence-corrected chi connectivity index (χ1v) is 7.26. The van der Waals surface area contributed by atoms with E-state index >= 15 is 0 Å². The van der Waals surface area contributed by atoms with Crippen molar-refractivity contribution in [3.8, 4) is 16.9 Å². The number of fused-ring (bicyclic) bond motifs is 1. The van der Waals surface area contributed by atoms with Crippen LogP contribution in [0.2, 0.25) is 0 Å². The summed E-state index contributed by atoms with van der Waals surface area (Å²) in [4.78, 5) is 23.0. The summed E-state index contributed by atoms with van der Waals surface area (Å²) < 4.78 is 5.93. The number of aromatic carboxylic acids is 1. The second kappa shape index (κ2) is 5.39. The monoisotopic (exact) mass is 308 g/mol. The van der Waals surface area contributed by atoms with Crippen molar-refractivity contribution in [1.82, 2.24) is 0 Å². The predicted molar refractivity (Wildman–Crippen MR) is 88.0 cm³/mol. The Morgan fingerprint density at radius 1 is 1.17 bits per heavy atom. The fourth-order valence-corrected chi connectivity index (χ4v) is 2.76. The van der Waals surface area contributed by atoms with Crippen molar-refractivity contribution in [3.63, 3.8) is 0 Å². The van der Waals surface area contributed by atoms with Crippen molar-refractivity contribution in [3.05, 3.63) is 59.2 Å². The third-order valence-electron chi connectivity index (χ3n) is 3.82. The Labute approximate surface area is 134 Å². The number of rotatable bonds is 3. The Morgan fingerprint density at radius 2 is 1.91 bits per heavy atom. The quantitative estimate of drug-likeness (QED) is 0.869. The van der Waals surface area contributed by atoms with E-state index in [2.05, 4.69) is 0 Å². The van der Waals surface area contributed by atoms with Crippen LogP contribution in [0.4, 0.5) is 0 Å². The highest BCUT2D eigenvalue weighted by Crippen LogP contribution is 2.40. The lowest BCUT2D eigenvalue weighted by molar-refractivity contribution is 0.0697. The average Bonchev–Trinajstić information content (AvgIpc) is 2.52. The van der Waals surface area contributed by atoms with E-state index in [4.69, 9.17) is 4.74 Å². The summed E-state index contributed by atoms with van der Waals surface area (Å²) in [6, 6.07) is 10.1. The topological polar surface area (TPSA) is 63.6 Å². The van der Waals surface area contributed by atoms with Gasteiger partial charge >= 0.3 is 5.97 Å². The molecule has 1 heterocycles. The van der Waals surface area contributed by atoms with Gasteiger partial charge < -0.3 is 9.84 Å². The van der Waals surface area contributed by atoms with E-state index in [0.717, 1.165) is 11.8 Å². The van der Waals surface area contributed by atoms with Gasteiger partial charge in [0.1, 0.15) is 11.4 Å². The van der Waals surface area contributed by atoms with E-state index in [1.807, 2.05) is 26.0 Å². The van der Waals surface area contributed by atoms with Gasteiger partial charge in [-0.2, -0.15) is 0 Å². The summed E-state index contributed by atoms with van der Waals surface area (Å²) in [5.41, 5.74) is 1.96. The highest BCUT2D eigenvalue weighted by atomic mass is 16.5. The van der Waals surface area contributed by atoms with Gasteiger partial charge in [-0.25, -0.2) is 4.79 Å². The van der Waals surface area contributed by atoms with Gasteiger partial charge in [0.05, 0.1) is 5.56 Å². The standard InChI is InChI=1S/C19H16O4/c1-19(2)10-9-15-16(23-19)8-7-12(11-20)17(15)13-5-3-4-6-14(13)18(21)22/h3-11H,1-2H3,(H,21,22). The molecule has 4 heteroatoms. The summed E-state index contributed by atoms with van der Waals surface area (Å²) in [5.74, 6) is -0.394. The van der Waals surface area contributed by atoms with E-state index < -0.39 is 11.6 Å². The fraction of sp³-hybridized carbons (Fsp3) is 0.158. The van der Waals surface area contributed by atoms with Gasteiger partial charge in [-0.1, -0.05) is 24.3 Å². The molecule has 0 unspecified atom stereocenters.